The molecule has 0 saturated heterocycles. The SMILES string of the molecule is Cc1cc(C)cc(C(=O)NNC(=O)c2ccc(F)cc2)c1. The molecule has 0 unspecified atom stereocenters. The first-order valence-electron chi connectivity index (χ1n) is 6.40. The molecule has 2 aromatic carbocycles. The minimum absolute atomic E-state index is 0.261. The topological polar surface area (TPSA) is 58.2 Å². The molecule has 0 aliphatic carbocycles. The van der Waals surface area contributed by atoms with Crippen LogP contribution in [0.1, 0.15) is 31.8 Å². The zero-order valence-electron chi connectivity index (χ0n) is 11.7. The minimum atomic E-state index is -0.507. The van der Waals surface area contributed by atoms with E-state index in [0.717, 1.165) is 11.1 Å². The molecule has 4 nitrogen and oxygen atoms in total. The Morgan fingerprint density at radius 2 is 1.29 bits per heavy atom. The maximum atomic E-state index is 12.8. The maximum Gasteiger partial charge on any atom is 0.269 e. The quantitative estimate of drug-likeness (QED) is 0.833. The van der Waals surface area contributed by atoms with Gasteiger partial charge in [0.15, 0.2) is 0 Å². The molecule has 2 amide bonds. The molecular formula is C16H15FN2O2. The van der Waals surface area contributed by atoms with Gasteiger partial charge in [0, 0.05) is 11.1 Å². The third-order valence-electron chi connectivity index (χ3n) is 2.88. The average Bonchev–Trinajstić information content (AvgIpc) is 2.44. The minimum Gasteiger partial charge on any atom is -0.267 e. The number of nitrogens with one attached hydrogen (secondary N) is 2. The van der Waals surface area contributed by atoms with Crippen LogP contribution in [0.2, 0.25) is 0 Å². The first kappa shape index (κ1) is 14.7. The summed E-state index contributed by atoms with van der Waals surface area (Å²) >= 11 is 0. The van der Waals surface area contributed by atoms with Crippen molar-refractivity contribution in [1.82, 2.24) is 10.9 Å². The molecule has 0 bridgehead atoms. The number of hydrogen-bond donors (Lipinski definition) is 2. The van der Waals surface area contributed by atoms with Gasteiger partial charge in [0.2, 0.25) is 0 Å². The number of rotatable bonds is 2. The Hall–Kier alpha value is -2.69. The van der Waals surface area contributed by atoms with E-state index in [2.05, 4.69) is 10.9 Å². The van der Waals surface area contributed by atoms with Gasteiger partial charge in [-0.1, -0.05) is 17.2 Å². The van der Waals surface area contributed by atoms with E-state index < -0.39 is 17.6 Å². The van der Waals surface area contributed by atoms with Crippen molar-refractivity contribution in [1.29, 1.82) is 0 Å². The highest BCUT2D eigenvalue weighted by Gasteiger charge is 2.09. The second kappa shape index (κ2) is 6.17. The van der Waals surface area contributed by atoms with E-state index in [0.29, 0.717) is 5.56 Å². The molecule has 2 N–H and O–H groups in total. The van der Waals surface area contributed by atoms with Crippen LogP contribution in [0.15, 0.2) is 42.5 Å². The molecule has 108 valence electrons. The number of halogens is 1. The van der Waals surface area contributed by atoms with Gasteiger partial charge >= 0.3 is 0 Å². The molecule has 0 spiro atoms. The van der Waals surface area contributed by atoms with Crippen molar-refractivity contribution in [2.45, 2.75) is 13.8 Å². The van der Waals surface area contributed by atoms with Crippen molar-refractivity contribution < 1.29 is 14.0 Å². The fraction of sp³-hybridized carbons (Fsp3) is 0.125. The van der Waals surface area contributed by atoms with Gasteiger partial charge in [0.05, 0.1) is 0 Å². The summed E-state index contributed by atoms with van der Waals surface area (Å²) in [4.78, 5) is 23.7. The lowest BCUT2D eigenvalue weighted by Gasteiger charge is -2.08. The van der Waals surface area contributed by atoms with Crippen LogP contribution in [0.5, 0.6) is 0 Å². The Labute approximate surface area is 122 Å². The summed E-state index contributed by atoms with van der Waals surface area (Å²) in [6.45, 7) is 3.78. The lowest BCUT2D eigenvalue weighted by atomic mass is 10.1. The predicted octanol–water partition coefficient (Wildman–Crippen LogP) is 2.52. The molecular weight excluding hydrogens is 271 g/mol. The number of carbonyl (C=O) groups is 2. The van der Waals surface area contributed by atoms with Crippen LogP contribution in [0.3, 0.4) is 0 Å². The third kappa shape index (κ3) is 3.89. The summed E-state index contributed by atoms with van der Waals surface area (Å²) in [5.74, 6) is -1.34. The molecule has 0 saturated carbocycles. The zero-order chi connectivity index (χ0) is 15.4. The number of aryl methyl sites for hydroxylation is 2. The number of benzene rings is 2. The molecule has 0 aliphatic rings. The molecule has 0 radical (unpaired) electrons. The van der Waals surface area contributed by atoms with Gasteiger partial charge in [-0.3, -0.25) is 20.4 Å². The fourth-order valence-corrected chi connectivity index (χ4v) is 1.96. The Morgan fingerprint density at radius 1 is 0.810 bits per heavy atom. The summed E-state index contributed by atoms with van der Waals surface area (Å²) in [7, 11) is 0. The van der Waals surface area contributed by atoms with Crippen LogP contribution in [-0.4, -0.2) is 11.8 Å². The standard InChI is InChI=1S/C16H15FN2O2/c1-10-7-11(2)9-13(8-10)16(21)19-18-15(20)12-3-5-14(17)6-4-12/h3-9H,1-2H3,(H,18,20)(H,19,21). The molecule has 2 aromatic rings. The van der Waals surface area contributed by atoms with Crippen LogP contribution in [0.4, 0.5) is 4.39 Å². The van der Waals surface area contributed by atoms with Crippen molar-refractivity contribution in [3.05, 3.63) is 70.5 Å². The average molecular weight is 286 g/mol. The predicted molar refractivity (Wildman–Crippen MR) is 77.2 cm³/mol. The monoisotopic (exact) mass is 286 g/mol. The number of hydrazine groups is 1. The van der Waals surface area contributed by atoms with Crippen molar-refractivity contribution in [2.75, 3.05) is 0 Å². The lowest BCUT2D eigenvalue weighted by molar-refractivity contribution is 0.0846. The zero-order valence-corrected chi connectivity index (χ0v) is 11.7. The molecule has 0 heterocycles. The first-order valence-corrected chi connectivity index (χ1v) is 6.40. The molecule has 2 rings (SSSR count). The highest BCUT2D eigenvalue weighted by molar-refractivity contribution is 5.99. The molecule has 21 heavy (non-hydrogen) atoms. The van der Waals surface area contributed by atoms with Crippen molar-refractivity contribution in [3.63, 3.8) is 0 Å². The highest BCUT2D eigenvalue weighted by atomic mass is 19.1. The van der Waals surface area contributed by atoms with E-state index in [-0.39, 0.29) is 5.56 Å². The van der Waals surface area contributed by atoms with Crippen LogP contribution >= 0.6 is 0 Å². The Bertz CT molecular complexity index is 661. The number of carbonyl (C=O) groups excluding carboxylic acids is 2. The fourth-order valence-electron chi connectivity index (χ4n) is 1.96. The summed E-state index contributed by atoms with van der Waals surface area (Å²) in [5.41, 5.74) is 7.28. The van der Waals surface area contributed by atoms with E-state index in [4.69, 9.17) is 0 Å². The van der Waals surface area contributed by atoms with Gasteiger partial charge in [-0.05, 0) is 50.2 Å². The molecule has 0 aromatic heterocycles. The largest absolute Gasteiger partial charge is 0.269 e. The highest BCUT2D eigenvalue weighted by Crippen LogP contribution is 2.08. The van der Waals surface area contributed by atoms with Gasteiger partial charge in [0.25, 0.3) is 11.8 Å². The Balaban J connectivity index is 2.00. The third-order valence-corrected chi connectivity index (χ3v) is 2.88. The maximum absolute atomic E-state index is 12.8. The van der Waals surface area contributed by atoms with Gasteiger partial charge in [0.1, 0.15) is 5.82 Å². The van der Waals surface area contributed by atoms with E-state index in [1.807, 2.05) is 19.9 Å². The van der Waals surface area contributed by atoms with E-state index in [9.17, 15) is 14.0 Å². The van der Waals surface area contributed by atoms with Crippen LogP contribution in [-0.2, 0) is 0 Å². The molecule has 5 heteroatoms. The first-order chi connectivity index (χ1) is 9.95. The van der Waals surface area contributed by atoms with Crippen molar-refractivity contribution in [3.8, 4) is 0 Å². The van der Waals surface area contributed by atoms with Crippen LogP contribution < -0.4 is 10.9 Å². The van der Waals surface area contributed by atoms with Crippen molar-refractivity contribution >= 4 is 11.8 Å². The number of amides is 2. The summed E-state index contributed by atoms with van der Waals surface area (Å²) in [6, 6.07) is 10.5. The van der Waals surface area contributed by atoms with Gasteiger partial charge in [-0.25, -0.2) is 4.39 Å². The summed E-state index contributed by atoms with van der Waals surface area (Å²) in [5, 5.41) is 0. The van der Waals surface area contributed by atoms with Gasteiger partial charge < -0.3 is 0 Å². The second-order valence-corrected chi connectivity index (χ2v) is 4.79. The molecule has 0 fully saturated rings. The summed E-state index contributed by atoms with van der Waals surface area (Å²) < 4.78 is 12.8. The second-order valence-electron chi connectivity index (χ2n) is 4.79. The van der Waals surface area contributed by atoms with Crippen LogP contribution in [0, 0.1) is 19.7 Å². The molecule has 0 atom stereocenters. The molecule has 0 aliphatic heterocycles. The normalized spacial score (nSPS) is 10.0. The van der Waals surface area contributed by atoms with Crippen molar-refractivity contribution in [2.24, 2.45) is 0 Å². The van der Waals surface area contributed by atoms with E-state index >= 15 is 0 Å². The Morgan fingerprint density at radius 3 is 1.81 bits per heavy atom. The van der Waals surface area contributed by atoms with Crippen LogP contribution in [0.25, 0.3) is 0 Å². The Kier molecular flexibility index (Phi) is 4.33. The smallest absolute Gasteiger partial charge is 0.267 e. The van der Waals surface area contributed by atoms with Gasteiger partial charge in [-0.2, -0.15) is 0 Å². The summed E-state index contributed by atoms with van der Waals surface area (Å²) in [6.07, 6.45) is 0. The lowest BCUT2D eigenvalue weighted by Crippen LogP contribution is -2.41. The van der Waals surface area contributed by atoms with E-state index in [1.54, 1.807) is 12.1 Å². The number of hydrogen-bond acceptors (Lipinski definition) is 2. The van der Waals surface area contributed by atoms with E-state index in [1.165, 1.54) is 24.3 Å². The van der Waals surface area contributed by atoms with Gasteiger partial charge in [-0.15, -0.1) is 0 Å².